The zero-order valence-corrected chi connectivity index (χ0v) is 9.31. The average molecular weight is 295 g/mol. The Kier molecular flexibility index (Phi) is 3.72. The third-order valence-electron chi connectivity index (χ3n) is 1.57. The van der Waals surface area contributed by atoms with Gasteiger partial charge in [0.2, 0.25) is 0 Å². The molecular formula is C8H2BrClF2N2O. The lowest BCUT2D eigenvalue weighted by Gasteiger charge is -2.06. The van der Waals surface area contributed by atoms with Crippen molar-refractivity contribution in [3.63, 3.8) is 0 Å². The van der Waals surface area contributed by atoms with Crippen molar-refractivity contribution >= 4 is 32.8 Å². The highest BCUT2D eigenvalue weighted by atomic mass is 79.9. The van der Waals surface area contributed by atoms with Gasteiger partial charge < -0.3 is 0 Å². The Labute approximate surface area is 96.8 Å². The van der Waals surface area contributed by atoms with E-state index in [4.69, 9.17) is 16.9 Å². The first-order chi connectivity index (χ1) is 6.99. The molecule has 0 aliphatic rings. The maximum absolute atomic E-state index is 12.4. The summed E-state index contributed by atoms with van der Waals surface area (Å²) in [7, 11) is 0. The predicted octanol–water partition coefficient (Wildman–Crippen LogP) is 3.03. The Morgan fingerprint density at radius 3 is 2.67 bits per heavy atom. The van der Waals surface area contributed by atoms with Crippen LogP contribution in [-0.4, -0.2) is 10.2 Å². The van der Waals surface area contributed by atoms with Crippen molar-refractivity contribution in [1.29, 1.82) is 5.26 Å². The summed E-state index contributed by atoms with van der Waals surface area (Å²) in [5.74, 6) is 0. The topological polar surface area (TPSA) is 53.8 Å². The summed E-state index contributed by atoms with van der Waals surface area (Å²) >= 11 is 7.95. The van der Waals surface area contributed by atoms with Crippen LogP contribution >= 0.6 is 27.5 Å². The molecule has 0 unspecified atom stereocenters. The van der Waals surface area contributed by atoms with Gasteiger partial charge in [-0.25, -0.2) is 8.78 Å². The Hall–Kier alpha value is -1.06. The highest BCUT2D eigenvalue weighted by Gasteiger charge is 2.22. The summed E-state index contributed by atoms with van der Waals surface area (Å²) in [4.78, 5) is 14.3. The van der Waals surface area contributed by atoms with E-state index in [1.807, 2.05) is 0 Å². The number of hydrogen-bond acceptors (Lipinski definition) is 3. The fraction of sp³-hybridized carbons (Fsp3) is 0.125. The largest absolute Gasteiger partial charge is 0.281 e. The molecule has 1 heterocycles. The molecule has 0 radical (unpaired) electrons. The molecule has 3 nitrogen and oxygen atoms in total. The van der Waals surface area contributed by atoms with Gasteiger partial charge >= 0.3 is 0 Å². The van der Waals surface area contributed by atoms with Gasteiger partial charge in [0.25, 0.3) is 11.7 Å². The second kappa shape index (κ2) is 4.64. The first-order valence-electron chi connectivity index (χ1n) is 3.55. The van der Waals surface area contributed by atoms with Crippen molar-refractivity contribution < 1.29 is 13.6 Å². The van der Waals surface area contributed by atoms with Gasteiger partial charge in [0.1, 0.15) is 11.8 Å². The number of pyridine rings is 1. The summed E-state index contributed by atoms with van der Waals surface area (Å²) < 4.78 is 24.5. The number of rotatable bonds is 2. The molecule has 0 aliphatic carbocycles. The van der Waals surface area contributed by atoms with Gasteiger partial charge in [0.15, 0.2) is 0 Å². The van der Waals surface area contributed by atoms with Crippen molar-refractivity contribution in [2.24, 2.45) is 0 Å². The Bertz CT molecular complexity index is 459. The molecule has 0 bridgehead atoms. The Morgan fingerprint density at radius 2 is 2.27 bits per heavy atom. The summed E-state index contributed by atoms with van der Waals surface area (Å²) in [6.07, 6.45) is -1.95. The second-order valence-electron chi connectivity index (χ2n) is 2.43. The van der Waals surface area contributed by atoms with Crippen LogP contribution in [0.25, 0.3) is 0 Å². The van der Waals surface area contributed by atoms with E-state index in [0.717, 1.165) is 6.20 Å². The van der Waals surface area contributed by atoms with Gasteiger partial charge in [0, 0.05) is 6.20 Å². The van der Waals surface area contributed by atoms with Crippen LogP contribution in [-0.2, 0) is 0 Å². The molecule has 0 atom stereocenters. The summed E-state index contributed by atoms with van der Waals surface area (Å²) in [6, 6.07) is 1.64. The first-order valence-corrected chi connectivity index (χ1v) is 4.72. The molecule has 0 saturated heterocycles. The molecule has 0 spiro atoms. The number of halogens is 4. The maximum Gasteiger partial charge on any atom is 0.281 e. The highest BCUT2D eigenvalue weighted by molar-refractivity contribution is 9.10. The van der Waals surface area contributed by atoms with Crippen molar-refractivity contribution in [2.75, 3.05) is 0 Å². The number of nitrogens with zero attached hydrogens (tertiary/aromatic N) is 2. The molecular weight excluding hydrogens is 293 g/mol. The second-order valence-corrected chi connectivity index (χ2v) is 3.57. The van der Waals surface area contributed by atoms with E-state index in [9.17, 15) is 13.6 Å². The van der Waals surface area contributed by atoms with Crippen LogP contribution in [0.5, 0.6) is 0 Å². The molecule has 7 heteroatoms. The molecule has 78 valence electrons. The number of nitriles is 1. The smallest absolute Gasteiger partial charge is 0.276 e. The average Bonchev–Trinajstić information content (AvgIpc) is 2.15. The monoisotopic (exact) mass is 294 g/mol. The Balaban J connectivity index is 3.51. The Morgan fingerprint density at radius 1 is 1.67 bits per heavy atom. The fourth-order valence-electron chi connectivity index (χ4n) is 0.931. The number of alkyl halides is 2. The fourth-order valence-corrected chi connectivity index (χ4v) is 1.91. The van der Waals surface area contributed by atoms with Crippen LogP contribution in [0.15, 0.2) is 10.7 Å². The van der Waals surface area contributed by atoms with Gasteiger partial charge in [-0.3, -0.25) is 9.78 Å². The predicted molar refractivity (Wildman–Crippen MR) is 51.8 cm³/mol. The summed E-state index contributed by atoms with van der Waals surface area (Å²) in [5.41, 5.74) is -1.05. The van der Waals surface area contributed by atoms with Crippen LogP contribution in [0, 0.1) is 11.3 Å². The quantitative estimate of drug-likeness (QED) is 0.788. The third kappa shape index (κ3) is 2.30. The maximum atomic E-state index is 12.4. The first kappa shape index (κ1) is 12.0. The number of carbonyl (C=O) groups excluding carboxylic acids is 1. The van der Waals surface area contributed by atoms with Gasteiger partial charge in [-0.2, -0.15) is 5.26 Å². The normalized spacial score (nSPS) is 10.1. The van der Waals surface area contributed by atoms with Crippen LogP contribution in [0.4, 0.5) is 8.78 Å². The molecule has 0 aromatic carbocycles. The summed E-state index contributed by atoms with van der Waals surface area (Å²) in [6.45, 7) is 0. The van der Waals surface area contributed by atoms with E-state index >= 15 is 0 Å². The standard InChI is InChI=1S/C8H2BrClF2N2O/c9-5-4(7(10)15)3(1-13)2-14-6(5)8(11)12/h2,8H. The lowest BCUT2D eigenvalue weighted by atomic mass is 10.1. The zero-order valence-electron chi connectivity index (χ0n) is 6.97. The molecule has 0 amide bonds. The van der Waals surface area contributed by atoms with Gasteiger partial charge in [0.05, 0.1) is 15.6 Å². The van der Waals surface area contributed by atoms with E-state index in [1.54, 1.807) is 6.07 Å². The molecule has 1 aromatic rings. The lowest BCUT2D eigenvalue weighted by Crippen LogP contribution is -2.02. The van der Waals surface area contributed by atoms with Crippen molar-refractivity contribution in [2.45, 2.75) is 6.43 Å². The lowest BCUT2D eigenvalue weighted by molar-refractivity contribution is 0.107. The minimum atomic E-state index is -2.85. The minimum Gasteiger partial charge on any atom is -0.276 e. The minimum absolute atomic E-state index is 0.147. The van der Waals surface area contributed by atoms with Gasteiger partial charge in [-0.05, 0) is 27.5 Å². The van der Waals surface area contributed by atoms with E-state index in [-0.39, 0.29) is 15.6 Å². The molecule has 0 fully saturated rings. The van der Waals surface area contributed by atoms with Crippen molar-refractivity contribution in [1.82, 2.24) is 4.98 Å². The van der Waals surface area contributed by atoms with E-state index in [2.05, 4.69) is 20.9 Å². The van der Waals surface area contributed by atoms with Gasteiger partial charge in [-0.15, -0.1) is 0 Å². The van der Waals surface area contributed by atoms with Crippen LogP contribution in [0.1, 0.15) is 28.0 Å². The van der Waals surface area contributed by atoms with E-state index < -0.39 is 17.4 Å². The number of aromatic nitrogens is 1. The molecule has 0 saturated carbocycles. The molecule has 15 heavy (non-hydrogen) atoms. The third-order valence-corrected chi connectivity index (χ3v) is 2.56. The van der Waals surface area contributed by atoms with Crippen LogP contribution in [0.3, 0.4) is 0 Å². The van der Waals surface area contributed by atoms with Crippen molar-refractivity contribution in [3.8, 4) is 6.07 Å². The number of hydrogen-bond donors (Lipinski definition) is 0. The molecule has 1 rings (SSSR count). The highest BCUT2D eigenvalue weighted by Crippen LogP contribution is 2.30. The summed E-state index contributed by atoms with van der Waals surface area (Å²) in [5, 5.41) is 7.63. The van der Waals surface area contributed by atoms with Gasteiger partial charge in [-0.1, -0.05) is 0 Å². The van der Waals surface area contributed by atoms with E-state index in [1.165, 1.54) is 0 Å². The van der Waals surface area contributed by atoms with Crippen molar-refractivity contribution in [3.05, 3.63) is 27.5 Å². The number of carbonyl (C=O) groups is 1. The SMILES string of the molecule is N#Cc1cnc(C(F)F)c(Br)c1C(=O)Cl. The van der Waals surface area contributed by atoms with E-state index in [0.29, 0.717) is 0 Å². The van der Waals surface area contributed by atoms with Crippen LogP contribution < -0.4 is 0 Å². The zero-order chi connectivity index (χ0) is 11.6. The molecule has 1 aromatic heterocycles. The molecule has 0 aliphatic heterocycles. The van der Waals surface area contributed by atoms with Crippen LogP contribution in [0.2, 0.25) is 0 Å². The molecule has 0 N–H and O–H groups in total.